The maximum absolute atomic E-state index is 12.9. The maximum atomic E-state index is 12.9. The molecule has 2 N–H and O–H groups in total. The van der Waals surface area contributed by atoms with Crippen molar-refractivity contribution in [1.29, 1.82) is 0 Å². The van der Waals surface area contributed by atoms with Gasteiger partial charge in [0, 0.05) is 26.5 Å². The van der Waals surface area contributed by atoms with Gasteiger partial charge < -0.3 is 19.7 Å². The van der Waals surface area contributed by atoms with E-state index < -0.39 is 30.4 Å². The number of alkyl halides is 3. The number of carbonyl (C=O) groups is 1. The molecule has 0 radical (unpaired) electrons. The first kappa shape index (κ1) is 22.2. The molecule has 28 heavy (non-hydrogen) atoms. The lowest BCUT2D eigenvalue weighted by Crippen LogP contribution is -2.30. The van der Waals surface area contributed by atoms with Crippen LogP contribution in [0.25, 0.3) is 0 Å². The van der Waals surface area contributed by atoms with Gasteiger partial charge in [-0.2, -0.15) is 13.2 Å². The average Bonchev–Trinajstić information content (AvgIpc) is 2.66. The first-order chi connectivity index (χ1) is 13.1. The molecule has 0 aliphatic rings. The Balaban J connectivity index is 2.12. The van der Waals surface area contributed by atoms with Gasteiger partial charge in [-0.1, -0.05) is 29.8 Å². The van der Waals surface area contributed by atoms with E-state index in [9.17, 15) is 22.5 Å². The minimum Gasteiger partial charge on any atom is -0.334 e. The van der Waals surface area contributed by atoms with Crippen molar-refractivity contribution in [3.63, 3.8) is 0 Å². The molecule has 0 unspecified atom stereocenters. The van der Waals surface area contributed by atoms with Gasteiger partial charge in [-0.05, 0) is 29.8 Å². The minimum atomic E-state index is -4.65. The molecule has 0 heterocycles. The van der Waals surface area contributed by atoms with Crippen LogP contribution in [0, 0.1) is 0 Å². The van der Waals surface area contributed by atoms with Crippen LogP contribution in [0.1, 0.15) is 11.1 Å². The fourth-order valence-electron chi connectivity index (χ4n) is 2.37. The molecular formula is C17H17ClF3N2O4P. The van der Waals surface area contributed by atoms with Crippen LogP contribution in [-0.2, 0) is 26.3 Å². The van der Waals surface area contributed by atoms with E-state index in [1.165, 1.54) is 26.4 Å². The number of benzene rings is 2. The maximum Gasteiger partial charge on any atom is 0.417 e. The molecule has 0 saturated heterocycles. The summed E-state index contributed by atoms with van der Waals surface area (Å²) in [5, 5.41) is 4.58. The summed E-state index contributed by atoms with van der Waals surface area (Å²) < 4.78 is 61.2. The van der Waals surface area contributed by atoms with Crippen molar-refractivity contribution in [2.45, 2.75) is 12.7 Å². The van der Waals surface area contributed by atoms with Crippen LogP contribution >= 0.6 is 19.2 Å². The summed E-state index contributed by atoms with van der Waals surface area (Å²) in [5.41, 5.74) is -0.669. The summed E-state index contributed by atoms with van der Waals surface area (Å²) in [6, 6.07) is 8.73. The van der Waals surface area contributed by atoms with E-state index in [0.29, 0.717) is 5.56 Å². The molecule has 0 aliphatic carbocycles. The van der Waals surface area contributed by atoms with Crippen LogP contribution in [0.2, 0.25) is 5.02 Å². The van der Waals surface area contributed by atoms with Gasteiger partial charge in [0.05, 0.1) is 15.9 Å². The number of amides is 2. The first-order valence-electron chi connectivity index (χ1n) is 7.82. The largest absolute Gasteiger partial charge is 0.417 e. The second-order valence-corrected chi connectivity index (χ2v) is 8.11. The number of nitrogens with one attached hydrogen (secondary N) is 2. The average molecular weight is 437 g/mol. The SMILES string of the molecule is COP(=O)(OC)c1ccccc1CNC(=O)Nc1ccc(Cl)c(C(F)(F)F)c1. The Bertz CT molecular complexity index is 900. The van der Waals surface area contributed by atoms with E-state index in [4.69, 9.17) is 20.6 Å². The predicted octanol–water partition coefficient (Wildman–Crippen LogP) is 4.79. The molecule has 0 atom stereocenters. The molecule has 2 aromatic rings. The molecule has 2 aromatic carbocycles. The predicted molar refractivity (Wildman–Crippen MR) is 100 cm³/mol. The van der Waals surface area contributed by atoms with Crippen LogP contribution in [0.3, 0.4) is 0 Å². The summed E-state index contributed by atoms with van der Waals surface area (Å²) in [7, 11) is -1.07. The van der Waals surface area contributed by atoms with Crippen LogP contribution in [0.15, 0.2) is 42.5 Å². The number of urea groups is 1. The van der Waals surface area contributed by atoms with Crippen LogP contribution in [0.5, 0.6) is 0 Å². The highest BCUT2D eigenvalue weighted by atomic mass is 35.5. The van der Waals surface area contributed by atoms with Crippen LogP contribution in [-0.4, -0.2) is 20.3 Å². The summed E-state index contributed by atoms with van der Waals surface area (Å²) in [6.07, 6.45) is -4.65. The molecule has 0 aromatic heterocycles. The second-order valence-electron chi connectivity index (χ2n) is 5.49. The smallest absolute Gasteiger partial charge is 0.334 e. The topological polar surface area (TPSA) is 76.7 Å². The van der Waals surface area contributed by atoms with Crippen LogP contribution < -0.4 is 15.9 Å². The van der Waals surface area contributed by atoms with E-state index >= 15 is 0 Å². The number of hydrogen-bond donors (Lipinski definition) is 2. The highest BCUT2D eigenvalue weighted by Gasteiger charge is 2.33. The summed E-state index contributed by atoms with van der Waals surface area (Å²) in [4.78, 5) is 12.1. The summed E-state index contributed by atoms with van der Waals surface area (Å²) >= 11 is 5.55. The zero-order valence-corrected chi connectivity index (χ0v) is 16.5. The number of halogens is 4. The van der Waals surface area contributed by atoms with Crippen molar-refractivity contribution < 1.29 is 31.6 Å². The fourth-order valence-corrected chi connectivity index (χ4v) is 3.91. The molecule has 152 valence electrons. The van der Waals surface area contributed by atoms with E-state index in [-0.39, 0.29) is 17.5 Å². The number of rotatable bonds is 6. The normalized spacial score (nSPS) is 11.9. The first-order valence-corrected chi connectivity index (χ1v) is 9.74. The van der Waals surface area contributed by atoms with Crippen molar-refractivity contribution >= 4 is 36.2 Å². The van der Waals surface area contributed by atoms with Gasteiger partial charge in [0.25, 0.3) is 0 Å². The lowest BCUT2D eigenvalue weighted by atomic mass is 10.2. The van der Waals surface area contributed by atoms with E-state index in [1.807, 2.05) is 0 Å². The highest BCUT2D eigenvalue weighted by molar-refractivity contribution is 7.62. The molecule has 0 bridgehead atoms. The Morgan fingerprint density at radius 2 is 1.79 bits per heavy atom. The van der Waals surface area contributed by atoms with E-state index in [1.54, 1.807) is 18.2 Å². The second kappa shape index (κ2) is 8.96. The standard InChI is InChI=1S/C17H17ClF3N2O4P/c1-26-28(25,27-2)15-6-4-3-5-11(15)10-22-16(24)23-12-7-8-14(18)13(9-12)17(19,20)21/h3-9H,10H2,1-2H3,(H2,22,23,24). The van der Waals surface area contributed by atoms with Gasteiger partial charge in [-0.3, -0.25) is 4.57 Å². The Morgan fingerprint density at radius 1 is 1.14 bits per heavy atom. The lowest BCUT2D eigenvalue weighted by Gasteiger charge is -2.18. The Labute approximate surface area is 164 Å². The third-order valence-electron chi connectivity index (χ3n) is 3.74. The molecule has 11 heteroatoms. The molecule has 0 aliphatic heterocycles. The number of carbonyl (C=O) groups excluding carboxylic acids is 1. The van der Waals surface area contributed by atoms with Gasteiger partial charge in [0.15, 0.2) is 0 Å². The molecule has 0 spiro atoms. The molecule has 0 fully saturated rings. The molecule has 2 amide bonds. The van der Waals surface area contributed by atoms with Gasteiger partial charge in [0.1, 0.15) is 0 Å². The van der Waals surface area contributed by atoms with Crippen molar-refractivity contribution in [3.8, 4) is 0 Å². The van der Waals surface area contributed by atoms with Gasteiger partial charge in [0.2, 0.25) is 0 Å². The monoisotopic (exact) mass is 436 g/mol. The summed E-state index contributed by atoms with van der Waals surface area (Å²) in [5.74, 6) is 0. The third kappa shape index (κ3) is 5.26. The molecular weight excluding hydrogens is 420 g/mol. The Morgan fingerprint density at radius 3 is 2.39 bits per heavy atom. The molecule has 2 rings (SSSR count). The number of anilines is 1. The fraction of sp³-hybridized carbons (Fsp3) is 0.235. The Kier molecular flexibility index (Phi) is 7.11. The minimum absolute atomic E-state index is 0.0571. The van der Waals surface area contributed by atoms with Crippen molar-refractivity contribution in [2.24, 2.45) is 0 Å². The van der Waals surface area contributed by atoms with Gasteiger partial charge >= 0.3 is 19.8 Å². The van der Waals surface area contributed by atoms with E-state index in [2.05, 4.69) is 10.6 Å². The van der Waals surface area contributed by atoms with E-state index in [0.717, 1.165) is 12.1 Å². The Hall–Kier alpha value is -2.06. The van der Waals surface area contributed by atoms with Crippen molar-refractivity contribution in [3.05, 3.63) is 58.6 Å². The zero-order valence-electron chi connectivity index (χ0n) is 14.8. The van der Waals surface area contributed by atoms with Gasteiger partial charge in [-0.15, -0.1) is 0 Å². The lowest BCUT2D eigenvalue weighted by molar-refractivity contribution is -0.137. The molecule has 0 saturated carbocycles. The third-order valence-corrected chi connectivity index (χ3v) is 6.05. The summed E-state index contributed by atoms with van der Waals surface area (Å²) in [6.45, 7) is -0.0571. The van der Waals surface area contributed by atoms with Crippen LogP contribution in [0.4, 0.5) is 23.7 Å². The van der Waals surface area contributed by atoms with Crippen molar-refractivity contribution in [2.75, 3.05) is 19.5 Å². The zero-order chi connectivity index (χ0) is 20.9. The van der Waals surface area contributed by atoms with Crippen molar-refractivity contribution in [1.82, 2.24) is 5.32 Å². The quantitative estimate of drug-likeness (QED) is 0.638. The molecule has 6 nitrogen and oxygen atoms in total. The number of hydrogen-bond acceptors (Lipinski definition) is 4. The highest BCUT2D eigenvalue weighted by Crippen LogP contribution is 2.45. The van der Waals surface area contributed by atoms with Gasteiger partial charge in [-0.25, -0.2) is 4.79 Å².